The highest BCUT2D eigenvalue weighted by atomic mass is 16.3. The SMILES string of the molecule is Cc1ccc(C(=O)CCN2CCNCC2)o1. The first kappa shape index (κ1) is 11.4. The van der Waals surface area contributed by atoms with Crippen molar-refractivity contribution < 1.29 is 9.21 Å². The van der Waals surface area contributed by atoms with E-state index in [1.165, 1.54) is 0 Å². The second-order valence-corrected chi connectivity index (χ2v) is 4.18. The topological polar surface area (TPSA) is 45.5 Å². The van der Waals surface area contributed by atoms with Gasteiger partial charge in [0.2, 0.25) is 0 Å². The third-order valence-corrected chi connectivity index (χ3v) is 2.88. The van der Waals surface area contributed by atoms with Crippen molar-refractivity contribution in [1.82, 2.24) is 10.2 Å². The summed E-state index contributed by atoms with van der Waals surface area (Å²) in [6.45, 7) is 6.80. The lowest BCUT2D eigenvalue weighted by atomic mass is 10.2. The Balaban J connectivity index is 1.79. The molecule has 88 valence electrons. The second kappa shape index (κ2) is 5.27. The lowest BCUT2D eigenvalue weighted by Crippen LogP contribution is -2.44. The van der Waals surface area contributed by atoms with E-state index < -0.39 is 0 Å². The second-order valence-electron chi connectivity index (χ2n) is 4.18. The van der Waals surface area contributed by atoms with Crippen LogP contribution in [0.25, 0.3) is 0 Å². The summed E-state index contributed by atoms with van der Waals surface area (Å²) in [5.41, 5.74) is 0. The molecule has 0 bridgehead atoms. The molecule has 2 rings (SSSR count). The summed E-state index contributed by atoms with van der Waals surface area (Å²) in [6, 6.07) is 3.59. The average Bonchev–Trinajstić information content (AvgIpc) is 2.74. The summed E-state index contributed by atoms with van der Waals surface area (Å²) in [5.74, 6) is 1.39. The van der Waals surface area contributed by atoms with Gasteiger partial charge in [-0.25, -0.2) is 0 Å². The van der Waals surface area contributed by atoms with Gasteiger partial charge in [-0.1, -0.05) is 0 Å². The van der Waals surface area contributed by atoms with Crippen molar-refractivity contribution >= 4 is 5.78 Å². The minimum atomic E-state index is 0.103. The number of Topliss-reactive ketones (excluding diaryl/α,β-unsaturated/α-hetero) is 1. The van der Waals surface area contributed by atoms with Gasteiger partial charge in [-0.15, -0.1) is 0 Å². The molecule has 16 heavy (non-hydrogen) atoms. The van der Waals surface area contributed by atoms with Gasteiger partial charge in [0.15, 0.2) is 11.5 Å². The molecule has 0 spiro atoms. The highest BCUT2D eigenvalue weighted by molar-refractivity contribution is 5.93. The molecule has 1 aliphatic rings. The van der Waals surface area contributed by atoms with Gasteiger partial charge in [0.05, 0.1) is 0 Å². The van der Waals surface area contributed by atoms with Crippen molar-refractivity contribution in [2.45, 2.75) is 13.3 Å². The molecular formula is C12H18N2O2. The van der Waals surface area contributed by atoms with Crippen LogP contribution in [0.3, 0.4) is 0 Å². The van der Waals surface area contributed by atoms with Gasteiger partial charge in [0, 0.05) is 39.1 Å². The first-order valence-corrected chi connectivity index (χ1v) is 5.78. The van der Waals surface area contributed by atoms with Gasteiger partial charge >= 0.3 is 0 Å². The fourth-order valence-electron chi connectivity index (χ4n) is 1.90. The highest BCUT2D eigenvalue weighted by Gasteiger charge is 2.14. The van der Waals surface area contributed by atoms with Crippen molar-refractivity contribution in [1.29, 1.82) is 0 Å². The van der Waals surface area contributed by atoms with Crippen molar-refractivity contribution in [3.05, 3.63) is 23.7 Å². The number of nitrogens with zero attached hydrogens (tertiary/aromatic N) is 1. The molecule has 1 N–H and O–H groups in total. The third-order valence-electron chi connectivity index (χ3n) is 2.88. The summed E-state index contributed by atoms with van der Waals surface area (Å²) in [6.07, 6.45) is 0.549. The van der Waals surface area contributed by atoms with E-state index in [1.54, 1.807) is 6.07 Å². The number of carbonyl (C=O) groups is 1. The number of piperazine rings is 1. The van der Waals surface area contributed by atoms with Crippen LogP contribution >= 0.6 is 0 Å². The number of hydrogen-bond donors (Lipinski definition) is 1. The van der Waals surface area contributed by atoms with Crippen LogP contribution in [-0.4, -0.2) is 43.4 Å². The molecule has 0 atom stereocenters. The lowest BCUT2D eigenvalue weighted by Gasteiger charge is -2.26. The Morgan fingerprint density at radius 1 is 1.44 bits per heavy atom. The predicted molar refractivity (Wildman–Crippen MR) is 61.7 cm³/mol. The van der Waals surface area contributed by atoms with Crippen LogP contribution in [0.4, 0.5) is 0 Å². The van der Waals surface area contributed by atoms with Crippen LogP contribution in [0.1, 0.15) is 22.7 Å². The first-order chi connectivity index (χ1) is 7.75. The smallest absolute Gasteiger partial charge is 0.199 e. The number of aryl methyl sites for hydroxylation is 1. The zero-order chi connectivity index (χ0) is 11.4. The molecule has 0 unspecified atom stereocenters. The molecule has 2 heterocycles. The van der Waals surface area contributed by atoms with E-state index in [2.05, 4.69) is 10.2 Å². The molecule has 0 saturated carbocycles. The predicted octanol–water partition coefficient (Wildman–Crippen LogP) is 1.07. The quantitative estimate of drug-likeness (QED) is 0.774. The molecule has 1 fully saturated rings. The molecule has 0 amide bonds. The van der Waals surface area contributed by atoms with Crippen molar-refractivity contribution in [2.75, 3.05) is 32.7 Å². The lowest BCUT2D eigenvalue weighted by molar-refractivity contribution is 0.0932. The normalized spacial score (nSPS) is 17.6. The molecule has 4 heteroatoms. The van der Waals surface area contributed by atoms with Gasteiger partial charge in [-0.05, 0) is 19.1 Å². The Hall–Kier alpha value is -1.13. The maximum Gasteiger partial charge on any atom is 0.199 e. The van der Waals surface area contributed by atoms with E-state index in [0.717, 1.165) is 38.5 Å². The molecule has 1 saturated heterocycles. The van der Waals surface area contributed by atoms with Gasteiger partial charge in [-0.2, -0.15) is 0 Å². The molecule has 1 aliphatic heterocycles. The van der Waals surface area contributed by atoms with Gasteiger partial charge in [-0.3, -0.25) is 4.79 Å². The maximum atomic E-state index is 11.8. The molecule has 0 aliphatic carbocycles. The third kappa shape index (κ3) is 2.93. The highest BCUT2D eigenvalue weighted by Crippen LogP contribution is 2.09. The summed E-state index contributed by atoms with van der Waals surface area (Å²) >= 11 is 0. The molecule has 4 nitrogen and oxygen atoms in total. The molecular weight excluding hydrogens is 204 g/mol. The molecule has 1 aromatic rings. The van der Waals surface area contributed by atoms with E-state index in [9.17, 15) is 4.79 Å². The Morgan fingerprint density at radius 2 is 2.19 bits per heavy atom. The average molecular weight is 222 g/mol. The van der Waals surface area contributed by atoms with E-state index in [1.807, 2.05) is 13.0 Å². The van der Waals surface area contributed by atoms with Crippen LogP contribution in [0.15, 0.2) is 16.5 Å². The standard InChI is InChI=1S/C12H18N2O2/c1-10-2-3-12(16-10)11(15)4-7-14-8-5-13-6-9-14/h2-3,13H,4-9H2,1H3. The Bertz CT molecular complexity index is 354. The van der Waals surface area contributed by atoms with E-state index in [0.29, 0.717) is 12.2 Å². The fourth-order valence-corrected chi connectivity index (χ4v) is 1.90. The minimum Gasteiger partial charge on any atom is -0.458 e. The number of furan rings is 1. The monoisotopic (exact) mass is 222 g/mol. The van der Waals surface area contributed by atoms with Crippen LogP contribution in [-0.2, 0) is 0 Å². The summed E-state index contributed by atoms with van der Waals surface area (Å²) in [5, 5.41) is 3.29. The largest absolute Gasteiger partial charge is 0.458 e. The Labute approximate surface area is 95.6 Å². The molecule has 1 aromatic heterocycles. The number of ketones is 1. The van der Waals surface area contributed by atoms with Crippen LogP contribution in [0.5, 0.6) is 0 Å². The van der Waals surface area contributed by atoms with Gasteiger partial charge in [0.25, 0.3) is 0 Å². The number of carbonyl (C=O) groups excluding carboxylic acids is 1. The van der Waals surface area contributed by atoms with Gasteiger partial charge in [0.1, 0.15) is 5.76 Å². The van der Waals surface area contributed by atoms with E-state index in [-0.39, 0.29) is 5.78 Å². The van der Waals surface area contributed by atoms with E-state index >= 15 is 0 Å². The Kier molecular flexibility index (Phi) is 3.74. The van der Waals surface area contributed by atoms with Gasteiger partial charge < -0.3 is 14.6 Å². The van der Waals surface area contributed by atoms with Crippen LogP contribution < -0.4 is 5.32 Å². The maximum absolute atomic E-state index is 11.8. The fraction of sp³-hybridized carbons (Fsp3) is 0.583. The number of rotatable bonds is 4. The molecule has 0 aromatic carbocycles. The van der Waals surface area contributed by atoms with E-state index in [4.69, 9.17) is 4.42 Å². The summed E-state index contributed by atoms with van der Waals surface area (Å²) in [7, 11) is 0. The number of nitrogens with one attached hydrogen (secondary N) is 1. The van der Waals surface area contributed by atoms with Crippen molar-refractivity contribution in [2.24, 2.45) is 0 Å². The summed E-state index contributed by atoms with van der Waals surface area (Å²) in [4.78, 5) is 14.1. The molecule has 0 radical (unpaired) electrons. The number of hydrogen-bond acceptors (Lipinski definition) is 4. The van der Waals surface area contributed by atoms with Crippen LogP contribution in [0.2, 0.25) is 0 Å². The van der Waals surface area contributed by atoms with Crippen molar-refractivity contribution in [3.8, 4) is 0 Å². The van der Waals surface area contributed by atoms with Crippen LogP contribution in [0, 0.1) is 6.92 Å². The summed E-state index contributed by atoms with van der Waals surface area (Å²) < 4.78 is 5.30. The minimum absolute atomic E-state index is 0.103. The Morgan fingerprint density at radius 3 is 2.81 bits per heavy atom. The zero-order valence-corrected chi connectivity index (χ0v) is 9.66. The first-order valence-electron chi connectivity index (χ1n) is 5.78. The zero-order valence-electron chi connectivity index (χ0n) is 9.66. The van der Waals surface area contributed by atoms with Crippen molar-refractivity contribution in [3.63, 3.8) is 0 Å².